The van der Waals surface area contributed by atoms with Crippen LogP contribution < -0.4 is 5.32 Å². The molecule has 0 spiro atoms. The second kappa shape index (κ2) is 5.89. The van der Waals surface area contributed by atoms with Crippen molar-refractivity contribution in [3.63, 3.8) is 0 Å². The molecule has 1 aromatic heterocycles. The SMILES string of the molecule is CC(C)(C)NCCc1ncc(-c2ccc(F)c(F)c2F)o1. The Bertz CT molecular complexity index is 632. The summed E-state index contributed by atoms with van der Waals surface area (Å²) < 4.78 is 45.1. The highest BCUT2D eigenvalue weighted by Crippen LogP contribution is 2.26. The average molecular weight is 298 g/mol. The van der Waals surface area contributed by atoms with Crippen molar-refractivity contribution in [1.82, 2.24) is 10.3 Å². The molecule has 6 heteroatoms. The summed E-state index contributed by atoms with van der Waals surface area (Å²) >= 11 is 0. The molecule has 21 heavy (non-hydrogen) atoms. The van der Waals surface area contributed by atoms with Crippen molar-refractivity contribution in [2.75, 3.05) is 6.54 Å². The molecular formula is C15H17F3N2O. The average Bonchev–Trinajstić information content (AvgIpc) is 2.83. The molecule has 3 nitrogen and oxygen atoms in total. The van der Waals surface area contributed by atoms with E-state index in [1.54, 1.807) is 0 Å². The van der Waals surface area contributed by atoms with Crippen LogP contribution in [0.15, 0.2) is 22.7 Å². The summed E-state index contributed by atoms with van der Waals surface area (Å²) in [6.07, 6.45) is 1.82. The van der Waals surface area contributed by atoms with Crippen molar-refractivity contribution in [2.45, 2.75) is 32.7 Å². The van der Waals surface area contributed by atoms with Crippen LogP contribution in [0.1, 0.15) is 26.7 Å². The normalized spacial score (nSPS) is 11.9. The monoisotopic (exact) mass is 298 g/mol. The van der Waals surface area contributed by atoms with Gasteiger partial charge in [0, 0.05) is 18.5 Å². The first-order chi connectivity index (χ1) is 9.78. The van der Waals surface area contributed by atoms with Crippen molar-refractivity contribution in [2.24, 2.45) is 0 Å². The van der Waals surface area contributed by atoms with Crippen LogP contribution in [-0.4, -0.2) is 17.1 Å². The molecule has 2 aromatic rings. The molecular weight excluding hydrogens is 281 g/mol. The Morgan fingerprint density at radius 1 is 1.14 bits per heavy atom. The van der Waals surface area contributed by atoms with Gasteiger partial charge in [-0.2, -0.15) is 0 Å². The molecule has 0 aliphatic rings. The van der Waals surface area contributed by atoms with Gasteiger partial charge in [0.15, 0.2) is 29.1 Å². The van der Waals surface area contributed by atoms with Gasteiger partial charge in [0.1, 0.15) is 0 Å². The van der Waals surface area contributed by atoms with Crippen LogP contribution in [0.5, 0.6) is 0 Å². The van der Waals surface area contributed by atoms with Crippen molar-refractivity contribution < 1.29 is 17.6 Å². The van der Waals surface area contributed by atoms with E-state index in [1.807, 2.05) is 20.8 Å². The third-order valence-electron chi connectivity index (χ3n) is 2.85. The number of hydrogen-bond acceptors (Lipinski definition) is 3. The zero-order valence-corrected chi connectivity index (χ0v) is 12.1. The number of aromatic nitrogens is 1. The molecule has 0 unspecified atom stereocenters. The summed E-state index contributed by atoms with van der Waals surface area (Å²) in [5, 5.41) is 3.26. The van der Waals surface area contributed by atoms with E-state index >= 15 is 0 Å². The number of halogens is 3. The summed E-state index contributed by atoms with van der Waals surface area (Å²) in [6.45, 7) is 6.74. The molecule has 0 saturated heterocycles. The predicted molar refractivity (Wildman–Crippen MR) is 73.3 cm³/mol. The molecule has 1 N–H and O–H groups in total. The molecule has 1 aromatic carbocycles. The van der Waals surface area contributed by atoms with Gasteiger partial charge in [-0.1, -0.05) is 0 Å². The lowest BCUT2D eigenvalue weighted by atomic mass is 10.1. The Labute approximate surface area is 121 Å². The minimum Gasteiger partial charge on any atom is -0.441 e. The number of hydrogen-bond donors (Lipinski definition) is 1. The molecule has 0 radical (unpaired) electrons. The third kappa shape index (κ3) is 3.85. The Morgan fingerprint density at radius 2 is 1.86 bits per heavy atom. The minimum absolute atomic E-state index is 0.0262. The Morgan fingerprint density at radius 3 is 2.52 bits per heavy atom. The lowest BCUT2D eigenvalue weighted by Crippen LogP contribution is -2.37. The number of nitrogens with one attached hydrogen (secondary N) is 1. The fourth-order valence-electron chi connectivity index (χ4n) is 1.81. The largest absolute Gasteiger partial charge is 0.441 e. The highest BCUT2D eigenvalue weighted by Gasteiger charge is 2.18. The van der Waals surface area contributed by atoms with E-state index in [0.717, 1.165) is 12.1 Å². The maximum Gasteiger partial charge on any atom is 0.196 e. The van der Waals surface area contributed by atoms with Gasteiger partial charge < -0.3 is 9.73 Å². The van der Waals surface area contributed by atoms with E-state index in [9.17, 15) is 13.2 Å². The Kier molecular flexibility index (Phi) is 4.37. The number of nitrogens with zero attached hydrogens (tertiary/aromatic N) is 1. The van der Waals surface area contributed by atoms with Crippen LogP contribution in [-0.2, 0) is 6.42 Å². The van der Waals surface area contributed by atoms with Gasteiger partial charge in [0.05, 0.1) is 11.8 Å². The van der Waals surface area contributed by atoms with Crippen LogP contribution in [0.4, 0.5) is 13.2 Å². The van der Waals surface area contributed by atoms with Crippen molar-refractivity contribution in [3.8, 4) is 11.3 Å². The summed E-state index contributed by atoms with van der Waals surface area (Å²) in [5.74, 6) is -3.53. The van der Waals surface area contributed by atoms with Gasteiger partial charge in [-0.15, -0.1) is 0 Å². The maximum absolute atomic E-state index is 13.7. The van der Waals surface area contributed by atoms with Crippen molar-refractivity contribution in [3.05, 3.63) is 41.7 Å². The molecule has 0 bridgehead atoms. The smallest absolute Gasteiger partial charge is 0.196 e. The molecule has 0 atom stereocenters. The van der Waals surface area contributed by atoms with Crippen LogP contribution in [0, 0.1) is 17.5 Å². The molecule has 0 aliphatic heterocycles. The quantitative estimate of drug-likeness (QED) is 0.875. The standard InChI is InChI=1S/C15H17F3N2O/c1-15(2,3)20-7-6-12-19-8-11(21-12)9-4-5-10(16)14(18)13(9)17/h4-5,8,20H,6-7H2,1-3H3. The number of benzene rings is 1. The van der Waals surface area contributed by atoms with Crippen LogP contribution in [0.3, 0.4) is 0 Å². The first-order valence-electron chi connectivity index (χ1n) is 6.61. The van der Waals surface area contributed by atoms with Crippen LogP contribution in [0.2, 0.25) is 0 Å². The van der Waals surface area contributed by atoms with Gasteiger partial charge in [0.25, 0.3) is 0 Å². The number of rotatable bonds is 4. The molecule has 114 valence electrons. The van der Waals surface area contributed by atoms with E-state index in [1.165, 1.54) is 6.20 Å². The van der Waals surface area contributed by atoms with Crippen LogP contribution >= 0.6 is 0 Å². The molecule has 0 amide bonds. The van der Waals surface area contributed by atoms with E-state index in [2.05, 4.69) is 10.3 Å². The van der Waals surface area contributed by atoms with Gasteiger partial charge in [0.2, 0.25) is 0 Å². The lowest BCUT2D eigenvalue weighted by Gasteiger charge is -2.19. The Balaban J connectivity index is 2.12. The summed E-state index contributed by atoms with van der Waals surface area (Å²) in [7, 11) is 0. The Hall–Kier alpha value is -1.82. The second-order valence-electron chi connectivity index (χ2n) is 5.77. The first kappa shape index (κ1) is 15.6. The maximum atomic E-state index is 13.7. The molecule has 1 heterocycles. The topological polar surface area (TPSA) is 38.1 Å². The van der Waals surface area contributed by atoms with Gasteiger partial charge in [-0.3, -0.25) is 0 Å². The zero-order valence-electron chi connectivity index (χ0n) is 12.1. The third-order valence-corrected chi connectivity index (χ3v) is 2.85. The molecule has 0 saturated carbocycles. The van der Waals surface area contributed by atoms with E-state index in [0.29, 0.717) is 18.9 Å². The van der Waals surface area contributed by atoms with Gasteiger partial charge in [-0.05, 0) is 32.9 Å². The summed E-state index contributed by atoms with van der Waals surface area (Å²) in [5.41, 5.74) is -0.168. The van der Waals surface area contributed by atoms with E-state index in [-0.39, 0.29) is 16.9 Å². The zero-order chi connectivity index (χ0) is 15.6. The summed E-state index contributed by atoms with van der Waals surface area (Å²) in [6, 6.07) is 1.99. The summed E-state index contributed by atoms with van der Waals surface area (Å²) in [4.78, 5) is 4.02. The second-order valence-corrected chi connectivity index (χ2v) is 5.77. The van der Waals surface area contributed by atoms with E-state index < -0.39 is 17.5 Å². The van der Waals surface area contributed by atoms with Gasteiger partial charge in [-0.25, -0.2) is 18.2 Å². The number of oxazole rings is 1. The predicted octanol–water partition coefficient (Wildman–Crippen LogP) is 3.69. The van der Waals surface area contributed by atoms with Gasteiger partial charge >= 0.3 is 0 Å². The van der Waals surface area contributed by atoms with Crippen molar-refractivity contribution in [1.29, 1.82) is 0 Å². The fourth-order valence-corrected chi connectivity index (χ4v) is 1.81. The lowest BCUT2D eigenvalue weighted by molar-refractivity contribution is 0.410. The van der Waals surface area contributed by atoms with Crippen LogP contribution in [0.25, 0.3) is 11.3 Å². The highest BCUT2D eigenvalue weighted by molar-refractivity contribution is 5.57. The van der Waals surface area contributed by atoms with Crippen molar-refractivity contribution >= 4 is 0 Å². The highest BCUT2D eigenvalue weighted by atomic mass is 19.2. The minimum atomic E-state index is -1.51. The van der Waals surface area contributed by atoms with E-state index in [4.69, 9.17) is 4.42 Å². The molecule has 0 aliphatic carbocycles. The molecule has 0 fully saturated rings. The first-order valence-corrected chi connectivity index (χ1v) is 6.61. The molecule has 2 rings (SSSR count). The fraction of sp³-hybridized carbons (Fsp3) is 0.400.